The van der Waals surface area contributed by atoms with E-state index >= 15 is 0 Å². The average molecular weight is 359 g/mol. The Balaban J connectivity index is 1.63. The highest BCUT2D eigenvalue weighted by Gasteiger charge is 2.30. The van der Waals surface area contributed by atoms with Crippen LogP contribution in [0.2, 0.25) is 0 Å². The van der Waals surface area contributed by atoms with Crippen LogP contribution in [0.15, 0.2) is 0 Å². The number of hydrogen-bond donors (Lipinski definition) is 1. The van der Waals surface area contributed by atoms with Gasteiger partial charge in [0.25, 0.3) is 0 Å². The third kappa shape index (κ3) is 3.05. The van der Waals surface area contributed by atoms with Crippen LogP contribution >= 0.6 is 11.3 Å². The second kappa shape index (κ2) is 6.44. The molecule has 0 radical (unpaired) electrons. The number of carbonyl (C=O) groups excluding carboxylic acids is 1. The van der Waals surface area contributed by atoms with Gasteiger partial charge in [0, 0.05) is 43.5 Å². The lowest BCUT2D eigenvalue weighted by atomic mass is 10.2. The monoisotopic (exact) mass is 359 g/mol. The fraction of sp³-hybridized carbons (Fsp3) is 0.611. The second-order valence-electron chi connectivity index (χ2n) is 6.95. The summed E-state index contributed by atoms with van der Waals surface area (Å²) >= 11 is 1.78. The summed E-state index contributed by atoms with van der Waals surface area (Å²) in [5.74, 6) is 2.63. The minimum atomic E-state index is 0.0382. The Morgan fingerprint density at radius 2 is 1.92 bits per heavy atom. The van der Waals surface area contributed by atoms with Crippen molar-refractivity contribution < 1.29 is 4.79 Å². The molecule has 0 atom stereocenters. The number of carbonyl (C=O) groups is 1. The first-order chi connectivity index (χ1) is 12.1. The van der Waals surface area contributed by atoms with E-state index in [4.69, 9.17) is 9.97 Å². The molecule has 0 bridgehead atoms. The van der Waals surface area contributed by atoms with Crippen LogP contribution in [0, 0.1) is 13.8 Å². The summed E-state index contributed by atoms with van der Waals surface area (Å²) in [5, 5.41) is 4.10. The fourth-order valence-corrected chi connectivity index (χ4v) is 4.41. The Morgan fingerprint density at radius 1 is 1.20 bits per heavy atom. The van der Waals surface area contributed by atoms with Crippen molar-refractivity contribution in [2.75, 3.05) is 37.6 Å². The summed E-state index contributed by atoms with van der Waals surface area (Å²) in [6.07, 6.45) is 2.42. The molecule has 2 aliphatic rings. The first kappa shape index (κ1) is 16.6. The van der Waals surface area contributed by atoms with E-state index < -0.39 is 0 Å². The number of nitrogens with zero attached hydrogens (tertiary/aromatic N) is 4. The molecule has 134 valence electrons. The zero-order valence-electron chi connectivity index (χ0n) is 15.1. The molecule has 0 aromatic carbocycles. The minimum absolute atomic E-state index is 0.0382. The third-order valence-corrected chi connectivity index (χ3v) is 6.26. The first-order valence-corrected chi connectivity index (χ1v) is 9.95. The molecule has 1 saturated heterocycles. The van der Waals surface area contributed by atoms with Gasteiger partial charge in [-0.1, -0.05) is 0 Å². The molecular weight excluding hydrogens is 334 g/mol. The highest BCUT2D eigenvalue weighted by Crippen LogP contribution is 2.42. The molecule has 2 fully saturated rings. The molecule has 2 aromatic heterocycles. The van der Waals surface area contributed by atoms with Crippen molar-refractivity contribution in [3.05, 3.63) is 16.3 Å². The molecule has 6 nitrogen and oxygen atoms in total. The topological polar surface area (TPSA) is 61.4 Å². The lowest BCUT2D eigenvalue weighted by Crippen LogP contribution is -2.52. The lowest BCUT2D eigenvalue weighted by molar-refractivity contribution is 0.195. The van der Waals surface area contributed by atoms with Crippen LogP contribution in [0.25, 0.3) is 10.2 Å². The summed E-state index contributed by atoms with van der Waals surface area (Å²) in [6, 6.07) is 0.0382. The predicted octanol–water partition coefficient (Wildman–Crippen LogP) is 3.04. The van der Waals surface area contributed by atoms with Gasteiger partial charge in [0.05, 0.1) is 5.39 Å². The maximum atomic E-state index is 12.0. The van der Waals surface area contributed by atoms with E-state index in [9.17, 15) is 4.79 Å². The number of thiophene rings is 1. The zero-order chi connectivity index (χ0) is 17.6. The SMILES string of the molecule is CCNC(=O)N1CCN(c2nc(C3CC3)nc3sc(C)c(C)c23)CC1. The number of hydrogen-bond acceptors (Lipinski definition) is 5. The number of amides is 2. The fourth-order valence-electron chi connectivity index (χ4n) is 3.38. The molecule has 7 heteroatoms. The predicted molar refractivity (Wildman–Crippen MR) is 102 cm³/mol. The Labute approximate surface area is 152 Å². The summed E-state index contributed by atoms with van der Waals surface area (Å²) in [6.45, 7) is 10.1. The Morgan fingerprint density at radius 3 is 2.56 bits per heavy atom. The normalized spacial score (nSPS) is 18.0. The molecular formula is C18H25N5OS. The summed E-state index contributed by atoms with van der Waals surface area (Å²) < 4.78 is 0. The molecule has 25 heavy (non-hydrogen) atoms. The smallest absolute Gasteiger partial charge is 0.317 e. The van der Waals surface area contributed by atoms with Gasteiger partial charge in [-0.05, 0) is 39.2 Å². The largest absolute Gasteiger partial charge is 0.352 e. The van der Waals surface area contributed by atoms with Crippen molar-refractivity contribution in [3.63, 3.8) is 0 Å². The first-order valence-electron chi connectivity index (χ1n) is 9.13. The van der Waals surface area contributed by atoms with Gasteiger partial charge in [0.2, 0.25) is 0 Å². The number of aryl methyl sites for hydroxylation is 2. The van der Waals surface area contributed by atoms with Crippen molar-refractivity contribution >= 4 is 33.4 Å². The van der Waals surface area contributed by atoms with Crippen molar-refractivity contribution in [2.45, 2.75) is 39.5 Å². The van der Waals surface area contributed by atoms with Crippen molar-refractivity contribution in [2.24, 2.45) is 0 Å². The number of fused-ring (bicyclic) bond motifs is 1. The van der Waals surface area contributed by atoms with E-state index in [1.807, 2.05) is 11.8 Å². The Bertz CT molecular complexity index is 805. The molecule has 0 unspecified atom stereocenters. The molecule has 2 aromatic rings. The quantitative estimate of drug-likeness (QED) is 0.915. The molecule has 4 rings (SSSR count). The van der Waals surface area contributed by atoms with Gasteiger partial charge in [-0.3, -0.25) is 0 Å². The van der Waals surface area contributed by atoms with Crippen LogP contribution in [-0.2, 0) is 0 Å². The van der Waals surface area contributed by atoms with Crippen molar-refractivity contribution in [1.82, 2.24) is 20.2 Å². The van der Waals surface area contributed by atoms with E-state index in [1.54, 1.807) is 11.3 Å². The molecule has 1 aliphatic heterocycles. The maximum absolute atomic E-state index is 12.0. The molecule has 2 amide bonds. The highest BCUT2D eigenvalue weighted by molar-refractivity contribution is 7.18. The standard InChI is InChI=1S/C18H25N5OS/c1-4-19-18(24)23-9-7-22(8-10-23)16-14-11(2)12(3)25-17(14)21-15(20-16)13-5-6-13/h13H,4-10H2,1-3H3,(H,19,24). The van der Waals surface area contributed by atoms with Crippen LogP contribution in [-0.4, -0.2) is 53.6 Å². The number of aromatic nitrogens is 2. The van der Waals surface area contributed by atoms with Crippen molar-refractivity contribution in [1.29, 1.82) is 0 Å². The van der Waals surface area contributed by atoms with Crippen molar-refractivity contribution in [3.8, 4) is 0 Å². The van der Waals surface area contributed by atoms with Gasteiger partial charge >= 0.3 is 6.03 Å². The van der Waals surface area contributed by atoms with Crippen LogP contribution in [0.5, 0.6) is 0 Å². The number of piperazine rings is 1. The highest BCUT2D eigenvalue weighted by atomic mass is 32.1. The second-order valence-corrected chi connectivity index (χ2v) is 8.16. The minimum Gasteiger partial charge on any atom is -0.352 e. The van der Waals surface area contributed by atoms with Gasteiger partial charge in [0.15, 0.2) is 0 Å². The van der Waals surface area contributed by atoms with Crippen LogP contribution in [0.1, 0.15) is 41.9 Å². The Kier molecular flexibility index (Phi) is 4.27. The zero-order valence-corrected chi connectivity index (χ0v) is 15.9. The molecule has 0 spiro atoms. The number of anilines is 1. The number of urea groups is 1. The summed E-state index contributed by atoms with van der Waals surface area (Å²) in [4.78, 5) is 28.5. The van der Waals surface area contributed by atoms with E-state index in [0.29, 0.717) is 12.5 Å². The summed E-state index contributed by atoms with van der Waals surface area (Å²) in [7, 11) is 0. The third-order valence-electron chi connectivity index (χ3n) is 5.16. The van der Waals surface area contributed by atoms with Gasteiger partial charge < -0.3 is 15.1 Å². The maximum Gasteiger partial charge on any atom is 0.317 e. The average Bonchev–Trinajstić information content (AvgIpc) is 3.42. The van der Waals surface area contributed by atoms with Gasteiger partial charge in [-0.2, -0.15) is 0 Å². The van der Waals surface area contributed by atoms with E-state index in [2.05, 4.69) is 24.1 Å². The van der Waals surface area contributed by atoms with Crippen LogP contribution in [0.4, 0.5) is 10.6 Å². The molecule has 1 saturated carbocycles. The summed E-state index contributed by atoms with van der Waals surface area (Å²) in [5.41, 5.74) is 1.29. The lowest BCUT2D eigenvalue weighted by Gasteiger charge is -2.35. The van der Waals surface area contributed by atoms with Gasteiger partial charge in [-0.25, -0.2) is 14.8 Å². The molecule has 3 heterocycles. The van der Waals surface area contributed by atoms with E-state index in [1.165, 1.54) is 28.7 Å². The van der Waals surface area contributed by atoms with Crippen LogP contribution in [0.3, 0.4) is 0 Å². The van der Waals surface area contributed by atoms with Gasteiger partial charge in [-0.15, -0.1) is 11.3 Å². The van der Waals surface area contributed by atoms with Crippen LogP contribution < -0.4 is 10.2 Å². The number of nitrogens with one attached hydrogen (secondary N) is 1. The number of rotatable bonds is 3. The van der Waals surface area contributed by atoms with E-state index in [-0.39, 0.29) is 6.03 Å². The molecule has 1 aliphatic carbocycles. The Hall–Kier alpha value is -1.89. The van der Waals surface area contributed by atoms with E-state index in [0.717, 1.165) is 42.7 Å². The molecule has 1 N–H and O–H groups in total. The van der Waals surface area contributed by atoms with Gasteiger partial charge in [0.1, 0.15) is 16.5 Å².